The Morgan fingerprint density at radius 3 is 2.13 bits per heavy atom. The number of hydrogen-bond acceptors (Lipinski definition) is 13. The van der Waals surface area contributed by atoms with Crippen molar-refractivity contribution in [3.63, 3.8) is 0 Å². The number of methoxy groups -OCH3 is 1. The lowest BCUT2D eigenvalue weighted by Crippen LogP contribution is -2.60. The van der Waals surface area contributed by atoms with Gasteiger partial charge in [0.1, 0.15) is 42.1 Å². The number of aliphatic hydroxyl groups excluding tert-OH is 2. The van der Waals surface area contributed by atoms with Gasteiger partial charge >= 0.3 is 11.9 Å². The van der Waals surface area contributed by atoms with Crippen LogP contribution < -0.4 is 20.7 Å². The molecule has 1 aromatic carbocycles. The number of carbonyl (C=O) groups excluding carboxylic acids is 8. The molecule has 1 aromatic rings. The highest BCUT2D eigenvalue weighted by Crippen LogP contribution is 2.26. The predicted molar refractivity (Wildman–Crippen MR) is 229 cm³/mol. The van der Waals surface area contributed by atoms with Crippen LogP contribution in [0.1, 0.15) is 100.0 Å². The number of fused-ring (bicyclic) bond motifs is 1. The van der Waals surface area contributed by atoms with Crippen LogP contribution >= 0.6 is 0 Å². The number of carbonyl (C=O) groups is 8. The molecule has 0 saturated carbocycles. The Labute approximate surface area is 370 Å². The zero-order valence-corrected chi connectivity index (χ0v) is 38.5. The molecule has 2 heterocycles. The van der Waals surface area contributed by atoms with Gasteiger partial charge in [-0.3, -0.25) is 33.6 Å². The van der Waals surface area contributed by atoms with E-state index in [1.165, 1.54) is 44.7 Å². The average Bonchev–Trinajstić information content (AvgIpc) is 3.73. The van der Waals surface area contributed by atoms with Crippen molar-refractivity contribution in [3.8, 4) is 5.75 Å². The van der Waals surface area contributed by atoms with E-state index in [9.17, 15) is 48.6 Å². The van der Waals surface area contributed by atoms with Gasteiger partial charge in [0.15, 0.2) is 11.9 Å². The summed E-state index contributed by atoms with van der Waals surface area (Å²) in [6, 6.07) is 0.442. The molecule has 0 unspecified atom stereocenters. The zero-order chi connectivity index (χ0) is 47.5. The third kappa shape index (κ3) is 13.9. The largest absolute Gasteiger partial charge is 0.497 e. The lowest BCUT2D eigenvalue weighted by atomic mass is 9.91. The number of Topliss-reactive ketones (excluding diaryl/α,β-unsaturated/α-hetero) is 1. The third-order valence-electron chi connectivity index (χ3n) is 11.9. The standard InChI is InChI=1S/C45H69N5O13/c1-12-25(6)36-34(52)22-35(53)63-39(24(4)5)38(54)26(7)40(55)46-31(20-23(2)3)43(58)50-19-13-14-32(50)44(59)49(10)33(21-29-15-17-30(61-11)18-16-29)45(60)62-28(9)37(42(57)47-36)48-41(56)27(8)51/h15-18,23-28,31-34,36-37,39,51-52H,12-14,19-22H2,1-11H3,(H,46,55)(H,47,57)(H,48,56)/t25-,26-,27-,28+,31-,32-,33-,34-,36+,37+,39-/m0/s1. The van der Waals surface area contributed by atoms with Crippen LogP contribution in [-0.4, -0.2) is 143 Å². The van der Waals surface area contributed by atoms with Crippen LogP contribution in [0.4, 0.5) is 0 Å². The zero-order valence-electron chi connectivity index (χ0n) is 38.5. The van der Waals surface area contributed by atoms with Crippen LogP contribution in [0, 0.1) is 23.7 Å². The molecule has 0 bridgehead atoms. The maximum absolute atomic E-state index is 14.5. The Kier molecular flexibility index (Phi) is 19.5. The first kappa shape index (κ1) is 52.2. The number of esters is 2. The smallest absolute Gasteiger partial charge is 0.329 e. The molecule has 352 valence electrons. The second-order valence-corrected chi connectivity index (χ2v) is 17.7. The van der Waals surface area contributed by atoms with Crippen LogP contribution in [0.25, 0.3) is 0 Å². The average molecular weight is 888 g/mol. The molecule has 11 atom stereocenters. The lowest BCUT2D eigenvalue weighted by molar-refractivity contribution is -0.163. The third-order valence-corrected chi connectivity index (χ3v) is 11.9. The summed E-state index contributed by atoms with van der Waals surface area (Å²) in [4.78, 5) is 114. The van der Waals surface area contributed by atoms with E-state index < -0.39 is 126 Å². The number of aliphatic hydroxyl groups is 2. The number of hydrogen-bond donors (Lipinski definition) is 5. The number of amides is 5. The Morgan fingerprint density at radius 2 is 1.57 bits per heavy atom. The highest BCUT2D eigenvalue weighted by molar-refractivity contribution is 6.05. The number of nitrogens with one attached hydrogen (secondary N) is 3. The molecule has 18 heteroatoms. The van der Waals surface area contributed by atoms with Gasteiger partial charge in [-0.05, 0) is 75.5 Å². The van der Waals surface area contributed by atoms with Crippen molar-refractivity contribution in [2.75, 3.05) is 20.7 Å². The van der Waals surface area contributed by atoms with Crippen LogP contribution in [-0.2, 0) is 54.3 Å². The number of ether oxygens (including phenoxy) is 3. The summed E-state index contributed by atoms with van der Waals surface area (Å²) in [7, 11) is 2.90. The monoisotopic (exact) mass is 887 g/mol. The van der Waals surface area contributed by atoms with Gasteiger partial charge in [0.05, 0.1) is 31.6 Å². The fraction of sp³-hybridized carbons (Fsp3) is 0.689. The van der Waals surface area contributed by atoms with E-state index in [-0.39, 0.29) is 31.7 Å². The van der Waals surface area contributed by atoms with E-state index in [4.69, 9.17) is 14.2 Å². The molecule has 3 rings (SSSR count). The van der Waals surface area contributed by atoms with Gasteiger partial charge < -0.3 is 50.2 Å². The minimum atomic E-state index is -1.65. The van der Waals surface area contributed by atoms with Crippen LogP contribution in [0.2, 0.25) is 0 Å². The maximum Gasteiger partial charge on any atom is 0.329 e. The van der Waals surface area contributed by atoms with Gasteiger partial charge in [-0.25, -0.2) is 4.79 Å². The summed E-state index contributed by atoms with van der Waals surface area (Å²) >= 11 is 0. The first-order chi connectivity index (χ1) is 29.5. The van der Waals surface area contributed by atoms with Crippen LogP contribution in [0.3, 0.4) is 0 Å². The summed E-state index contributed by atoms with van der Waals surface area (Å²) in [6.07, 6.45) is -5.54. The Bertz CT molecular complexity index is 1790. The number of rotatable bonds is 10. The molecule has 0 aliphatic carbocycles. The number of nitrogens with zero attached hydrogens (tertiary/aromatic N) is 2. The van der Waals surface area contributed by atoms with Crippen molar-refractivity contribution in [3.05, 3.63) is 29.8 Å². The Hall–Kier alpha value is -5.10. The molecule has 0 radical (unpaired) electrons. The summed E-state index contributed by atoms with van der Waals surface area (Å²) in [5.41, 5.74) is 0.602. The van der Waals surface area contributed by atoms with Gasteiger partial charge in [0, 0.05) is 20.0 Å². The SMILES string of the molecule is CC[C@H](C)[C@H]1NC(=O)[C@H](NC(=O)[C@H](C)O)[C@@H](C)OC(=O)[C@H](Cc2ccc(OC)cc2)N(C)C(=O)[C@@H]2CCCN2C(=O)[C@H](CC(C)C)NC(=O)[C@@H](C)C(=O)[C@H](C(C)C)OC(=O)C[C@@H]1O. The molecule has 5 N–H and O–H groups in total. The molecule has 2 aliphatic heterocycles. The van der Waals surface area contributed by atoms with Gasteiger partial charge in [-0.15, -0.1) is 0 Å². The van der Waals surface area contributed by atoms with Crippen LogP contribution in [0.15, 0.2) is 24.3 Å². The van der Waals surface area contributed by atoms with Crippen LogP contribution in [0.5, 0.6) is 5.75 Å². The maximum atomic E-state index is 14.5. The predicted octanol–water partition coefficient (Wildman–Crippen LogP) is 1.45. The summed E-state index contributed by atoms with van der Waals surface area (Å²) in [5, 5.41) is 29.4. The van der Waals surface area contributed by atoms with E-state index in [1.807, 2.05) is 13.8 Å². The Balaban J connectivity index is 2.20. The van der Waals surface area contributed by atoms with Crippen molar-refractivity contribution in [2.45, 2.75) is 155 Å². The molecule has 63 heavy (non-hydrogen) atoms. The molecule has 5 amide bonds. The normalized spacial score (nSPS) is 28.7. The molecule has 0 aromatic heterocycles. The van der Waals surface area contributed by atoms with Gasteiger partial charge in [-0.2, -0.15) is 0 Å². The second-order valence-electron chi connectivity index (χ2n) is 17.7. The number of ketones is 1. The van der Waals surface area contributed by atoms with Crippen molar-refractivity contribution < 1.29 is 62.8 Å². The molecular formula is C45H69N5O13. The van der Waals surface area contributed by atoms with E-state index in [1.54, 1.807) is 52.0 Å². The minimum absolute atomic E-state index is 0.0803. The minimum Gasteiger partial charge on any atom is -0.497 e. The van der Waals surface area contributed by atoms with Crippen molar-refractivity contribution in [1.82, 2.24) is 25.8 Å². The van der Waals surface area contributed by atoms with Gasteiger partial charge in [0.25, 0.3) is 0 Å². The molecule has 2 saturated heterocycles. The lowest BCUT2D eigenvalue weighted by Gasteiger charge is -2.35. The highest BCUT2D eigenvalue weighted by atomic mass is 16.6. The molecular weight excluding hydrogens is 819 g/mol. The molecule has 18 nitrogen and oxygen atoms in total. The molecule has 2 fully saturated rings. The second kappa shape index (κ2) is 23.5. The van der Waals surface area contributed by atoms with Gasteiger partial charge in [0.2, 0.25) is 29.5 Å². The number of likely N-dealkylation sites (N-methyl/N-ethyl adjacent to an activating group) is 1. The van der Waals surface area contributed by atoms with E-state index in [0.717, 1.165) is 0 Å². The van der Waals surface area contributed by atoms with Gasteiger partial charge in [-0.1, -0.05) is 60.1 Å². The first-order valence-corrected chi connectivity index (χ1v) is 21.9. The van der Waals surface area contributed by atoms with E-state index in [0.29, 0.717) is 24.2 Å². The van der Waals surface area contributed by atoms with Crippen molar-refractivity contribution in [1.29, 1.82) is 0 Å². The fourth-order valence-corrected chi connectivity index (χ4v) is 7.74. The van der Waals surface area contributed by atoms with E-state index >= 15 is 0 Å². The molecule has 0 spiro atoms. The topological polar surface area (TPSA) is 247 Å². The summed E-state index contributed by atoms with van der Waals surface area (Å²) in [6.45, 7) is 14.5. The quantitative estimate of drug-likeness (QED) is 0.165. The number of cyclic esters (lactones) is 2. The van der Waals surface area contributed by atoms with Crippen molar-refractivity contribution in [2.24, 2.45) is 23.7 Å². The first-order valence-electron chi connectivity index (χ1n) is 21.9. The molecule has 2 aliphatic rings. The summed E-state index contributed by atoms with van der Waals surface area (Å²) < 4.78 is 16.8. The Morgan fingerprint density at radius 1 is 0.937 bits per heavy atom. The summed E-state index contributed by atoms with van der Waals surface area (Å²) in [5.74, 6) is -8.56. The highest BCUT2D eigenvalue weighted by Gasteiger charge is 2.44. The van der Waals surface area contributed by atoms with Crippen molar-refractivity contribution >= 4 is 47.3 Å². The fourth-order valence-electron chi connectivity index (χ4n) is 7.74. The number of benzene rings is 1. The van der Waals surface area contributed by atoms with E-state index in [2.05, 4.69) is 16.0 Å².